The molecule has 3 atom stereocenters. The van der Waals surface area contributed by atoms with Gasteiger partial charge in [-0.25, -0.2) is 0 Å². The van der Waals surface area contributed by atoms with E-state index in [2.05, 4.69) is 15.4 Å². The highest BCUT2D eigenvalue weighted by atomic mass is 35.5. The van der Waals surface area contributed by atoms with Gasteiger partial charge in [0.1, 0.15) is 11.9 Å². The summed E-state index contributed by atoms with van der Waals surface area (Å²) in [6.07, 6.45) is -2.24. The van der Waals surface area contributed by atoms with Gasteiger partial charge in [-0.3, -0.25) is 10.1 Å². The summed E-state index contributed by atoms with van der Waals surface area (Å²) < 4.78 is 17.1. The summed E-state index contributed by atoms with van der Waals surface area (Å²) in [6.45, 7) is 1.77. The number of nitro groups is 1. The van der Waals surface area contributed by atoms with Gasteiger partial charge in [-0.15, -0.1) is 10.2 Å². The standard InChI is InChI=1S/C22H25ClN6O6/c1-22(21(33-3)34-4)20(30)19(16-11-15(29(31)32)8-9-17(16)35-22)28(12-18-24-26-27(2)25-18)14-7-5-6-13(23)10-14/h5-11,19-21,30H,12H2,1-4H3/t19-,20+,22-/m0/s1. The Morgan fingerprint density at radius 2 is 2.06 bits per heavy atom. The number of aryl methyl sites for hydroxylation is 1. The molecule has 1 aromatic heterocycles. The minimum absolute atomic E-state index is 0.110. The molecule has 0 radical (unpaired) electrons. The molecule has 0 unspecified atom stereocenters. The average molecular weight is 505 g/mol. The highest BCUT2D eigenvalue weighted by Crippen LogP contribution is 2.47. The average Bonchev–Trinajstić information content (AvgIpc) is 3.24. The number of aliphatic hydroxyl groups excluding tert-OH is 1. The molecule has 13 heteroatoms. The lowest BCUT2D eigenvalue weighted by Gasteiger charge is -2.49. The molecule has 1 aliphatic rings. The van der Waals surface area contributed by atoms with Crippen molar-refractivity contribution in [1.82, 2.24) is 20.2 Å². The lowest BCUT2D eigenvalue weighted by atomic mass is 9.83. The SMILES string of the molecule is COC(OC)[C@@]1(C)Oc2ccc([N+](=O)[O-])cc2[C@H](N(Cc2nnn(C)n2)c2cccc(Cl)c2)[C@H]1O. The van der Waals surface area contributed by atoms with Crippen molar-refractivity contribution in [3.8, 4) is 5.75 Å². The highest BCUT2D eigenvalue weighted by molar-refractivity contribution is 6.30. The van der Waals surface area contributed by atoms with Gasteiger partial charge < -0.3 is 24.2 Å². The fourth-order valence-electron chi connectivity index (χ4n) is 4.39. The Labute approximate surface area is 206 Å². The molecule has 12 nitrogen and oxygen atoms in total. The van der Waals surface area contributed by atoms with Crippen molar-refractivity contribution >= 4 is 23.0 Å². The molecule has 0 fully saturated rings. The van der Waals surface area contributed by atoms with Gasteiger partial charge >= 0.3 is 0 Å². The van der Waals surface area contributed by atoms with E-state index in [-0.39, 0.29) is 12.2 Å². The Morgan fingerprint density at radius 3 is 2.66 bits per heavy atom. The number of methoxy groups -OCH3 is 2. The van der Waals surface area contributed by atoms with Gasteiger partial charge in [0.25, 0.3) is 5.69 Å². The summed E-state index contributed by atoms with van der Waals surface area (Å²) in [5.74, 6) is 0.710. The highest BCUT2D eigenvalue weighted by Gasteiger charge is 2.54. The lowest BCUT2D eigenvalue weighted by molar-refractivity contribution is -0.385. The molecular formula is C22H25ClN6O6. The van der Waals surface area contributed by atoms with Crippen molar-refractivity contribution in [2.24, 2.45) is 7.05 Å². The van der Waals surface area contributed by atoms with Crippen LogP contribution in [-0.2, 0) is 23.1 Å². The minimum atomic E-state index is -1.39. The summed E-state index contributed by atoms with van der Waals surface area (Å²) in [4.78, 5) is 14.2. The first kappa shape index (κ1) is 24.8. The number of anilines is 1. The van der Waals surface area contributed by atoms with Crippen LogP contribution in [0.15, 0.2) is 42.5 Å². The van der Waals surface area contributed by atoms with Crippen molar-refractivity contribution < 1.29 is 24.2 Å². The van der Waals surface area contributed by atoms with Crippen molar-refractivity contribution in [2.75, 3.05) is 19.1 Å². The molecule has 186 valence electrons. The number of nitrogens with zero attached hydrogens (tertiary/aromatic N) is 6. The number of ether oxygens (including phenoxy) is 3. The number of rotatable bonds is 8. The minimum Gasteiger partial charge on any atom is -0.479 e. The fourth-order valence-corrected chi connectivity index (χ4v) is 4.57. The zero-order valence-corrected chi connectivity index (χ0v) is 20.3. The molecule has 0 bridgehead atoms. The van der Waals surface area contributed by atoms with Gasteiger partial charge in [0.05, 0.1) is 24.6 Å². The normalized spacial score (nSPS) is 21.5. The Morgan fingerprint density at radius 1 is 1.31 bits per heavy atom. The number of aromatic nitrogens is 4. The van der Waals surface area contributed by atoms with E-state index >= 15 is 0 Å². The lowest BCUT2D eigenvalue weighted by Crippen LogP contribution is -2.62. The molecule has 0 saturated carbocycles. The van der Waals surface area contributed by atoms with E-state index in [4.69, 9.17) is 25.8 Å². The van der Waals surface area contributed by atoms with Crippen LogP contribution in [0.25, 0.3) is 0 Å². The Balaban J connectivity index is 1.93. The molecular weight excluding hydrogens is 480 g/mol. The Kier molecular flexibility index (Phi) is 6.90. The van der Waals surface area contributed by atoms with Crippen LogP contribution < -0.4 is 9.64 Å². The predicted octanol–water partition coefficient (Wildman–Crippen LogP) is 2.65. The van der Waals surface area contributed by atoms with Gasteiger partial charge in [0.15, 0.2) is 17.7 Å². The van der Waals surface area contributed by atoms with E-state index in [1.807, 2.05) is 6.07 Å². The van der Waals surface area contributed by atoms with Crippen LogP contribution in [-0.4, -0.2) is 62.5 Å². The summed E-state index contributed by atoms with van der Waals surface area (Å²) in [6, 6.07) is 10.4. The number of hydrogen-bond donors (Lipinski definition) is 1. The van der Waals surface area contributed by atoms with Gasteiger partial charge in [-0.05, 0) is 36.4 Å². The number of non-ortho nitro benzene ring substituents is 1. The van der Waals surface area contributed by atoms with Crippen LogP contribution in [0.2, 0.25) is 5.02 Å². The van der Waals surface area contributed by atoms with Crippen LogP contribution in [0.5, 0.6) is 5.75 Å². The predicted molar refractivity (Wildman–Crippen MR) is 125 cm³/mol. The van der Waals surface area contributed by atoms with Gasteiger partial charge in [-0.2, -0.15) is 4.80 Å². The number of aliphatic hydroxyl groups is 1. The molecule has 1 aliphatic heterocycles. The first-order valence-corrected chi connectivity index (χ1v) is 11.0. The van der Waals surface area contributed by atoms with E-state index in [0.29, 0.717) is 27.8 Å². The van der Waals surface area contributed by atoms with Crippen molar-refractivity contribution in [1.29, 1.82) is 0 Å². The third-order valence-corrected chi connectivity index (χ3v) is 6.21. The number of fused-ring (bicyclic) bond motifs is 1. The van der Waals surface area contributed by atoms with E-state index in [0.717, 1.165) is 0 Å². The maximum Gasteiger partial charge on any atom is 0.270 e. The first-order chi connectivity index (χ1) is 16.7. The van der Waals surface area contributed by atoms with E-state index in [1.165, 1.54) is 37.2 Å². The topological polar surface area (TPSA) is 138 Å². The smallest absolute Gasteiger partial charge is 0.270 e. The monoisotopic (exact) mass is 504 g/mol. The molecule has 35 heavy (non-hydrogen) atoms. The van der Waals surface area contributed by atoms with Gasteiger partial charge in [0, 0.05) is 42.6 Å². The van der Waals surface area contributed by atoms with Crippen molar-refractivity contribution in [2.45, 2.75) is 37.5 Å². The van der Waals surface area contributed by atoms with Crippen LogP contribution in [0.1, 0.15) is 24.4 Å². The summed E-state index contributed by atoms with van der Waals surface area (Å²) >= 11 is 6.30. The second-order valence-corrected chi connectivity index (χ2v) is 8.70. The molecule has 2 heterocycles. The molecule has 3 aromatic rings. The fraction of sp³-hybridized carbons (Fsp3) is 0.409. The summed E-state index contributed by atoms with van der Waals surface area (Å²) in [7, 11) is 4.52. The number of benzene rings is 2. The second kappa shape index (κ2) is 9.74. The first-order valence-electron chi connectivity index (χ1n) is 10.6. The number of tetrazole rings is 1. The van der Waals surface area contributed by atoms with Crippen molar-refractivity contribution in [3.63, 3.8) is 0 Å². The van der Waals surface area contributed by atoms with Crippen LogP contribution in [0, 0.1) is 10.1 Å². The second-order valence-electron chi connectivity index (χ2n) is 8.26. The molecule has 0 aliphatic carbocycles. The summed E-state index contributed by atoms with van der Waals surface area (Å²) in [5, 5.41) is 36.1. The Bertz CT molecular complexity index is 1220. The Hall–Kier alpha value is -3.32. The zero-order chi connectivity index (χ0) is 25.3. The maximum absolute atomic E-state index is 11.8. The van der Waals surface area contributed by atoms with E-state index in [1.54, 1.807) is 37.1 Å². The van der Waals surface area contributed by atoms with E-state index < -0.39 is 29.0 Å². The molecule has 0 saturated heterocycles. The van der Waals surface area contributed by atoms with Gasteiger partial charge in [-0.1, -0.05) is 17.7 Å². The zero-order valence-electron chi connectivity index (χ0n) is 19.5. The van der Waals surface area contributed by atoms with Crippen LogP contribution in [0.4, 0.5) is 11.4 Å². The molecule has 0 spiro atoms. The number of nitro benzene ring substituents is 1. The molecule has 0 amide bonds. The molecule has 2 aromatic carbocycles. The van der Waals surface area contributed by atoms with Crippen LogP contribution in [0.3, 0.4) is 0 Å². The third-order valence-electron chi connectivity index (χ3n) is 5.97. The third kappa shape index (κ3) is 4.65. The summed E-state index contributed by atoms with van der Waals surface area (Å²) in [5.41, 5.74) is -0.503. The maximum atomic E-state index is 11.8. The molecule has 4 rings (SSSR count). The largest absolute Gasteiger partial charge is 0.479 e. The van der Waals surface area contributed by atoms with Gasteiger partial charge in [0.2, 0.25) is 0 Å². The number of halogens is 1. The van der Waals surface area contributed by atoms with Crippen LogP contribution >= 0.6 is 11.6 Å². The molecule has 1 N–H and O–H groups in total. The number of hydrogen-bond acceptors (Lipinski definition) is 10. The van der Waals surface area contributed by atoms with E-state index in [9.17, 15) is 15.2 Å². The quantitative estimate of drug-likeness (QED) is 0.276. The van der Waals surface area contributed by atoms with Crippen molar-refractivity contribution in [3.05, 3.63) is 69.0 Å².